The quantitative estimate of drug-likeness (QED) is 0.377. The number of rotatable bonds is 4. The number of carbonyl (C=O) groups excluding carboxylic acids is 2. The van der Waals surface area contributed by atoms with Crippen LogP contribution in [0, 0.1) is 11.6 Å². The molecule has 0 saturated heterocycles. The summed E-state index contributed by atoms with van der Waals surface area (Å²) in [6, 6.07) is 11.6. The molecule has 198 valence electrons. The minimum Gasteiger partial charge on any atom is -0.493 e. The first kappa shape index (κ1) is 25.1. The molecular weight excluding hydrogens is 504 g/mol. The van der Waals surface area contributed by atoms with Gasteiger partial charge >= 0.3 is 6.16 Å². The fraction of sp³-hybridized carbons (Fsp3) is 0.269. The molecule has 1 amide bonds. The molecule has 10 nitrogen and oxygen atoms in total. The molecule has 2 aromatic carbocycles. The van der Waals surface area contributed by atoms with Crippen molar-refractivity contribution in [1.29, 1.82) is 0 Å². The van der Waals surface area contributed by atoms with Gasteiger partial charge in [0.15, 0.2) is 17.3 Å². The number of carbonyl (C=O) groups is 2. The topological polar surface area (TPSA) is 99.5 Å². The second-order valence-electron chi connectivity index (χ2n) is 8.59. The summed E-state index contributed by atoms with van der Waals surface area (Å²) >= 11 is 0. The van der Waals surface area contributed by atoms with E-state index in [2.05, 4.69) is 4.74 Å². The van der Waals surface area contributed by atoms with Crippen molar-refractivity contribution in [1.82, 2.24) is 9.58 Å². The lowest BCUT2D eigenvalue weighted by atomic mass is 9.95. The largest absolute Gasteiger partial charge is 0.510 e. The molecular formula is C26H23F2N3O7. The van der Waals surface area contributed by atoms with Gasteiger partial charge in [-0.25, -0.2) is 13.6 Å². The van der Waals surface area contributed by atoms with Gasteiger partial charge in [-0.05, 0) is 11.6 Å². The minimum atomic E-state index is -1.06. The van der Waals surface area contributed by atoms with Gasteiger partial charge in [0.1, 0.15) is 18.0 Å². The van der Waals surface area contributed by atoms with Gasteiger partial charge in [-0.3, -0.25) is 19.3 Å². The van der Waals surface area contributed by atoms with Crippen LogP contribution in [-0.4, -0.2) is 55.4 Å². The Hall–Kier alpha value is -4.61. The summed E-state index contributed by atoms with van der Waals surface area (Å²) in [6.45, 7) is -0.577. The average molecular weight is 527 g/mol. The minimum absolute atomic E-state index is 0.101. The Bertz CT molecular complexity index is 1450. The van der Waals surface area contributed by atoms with Gasteiger partial charge in [-0.15, -0.1) is 0 Å². The number of ether oxygens (including phenoxy) is 4. The molecule has 2 aliphatic heterocycles. The molecule has 5 rings (SSSR count). The fourth-order valence-corrected chi connectivity index (χ4v) is 4.74. The van der Waals surface area contributed by atoms with Gasteiger partial charge in [-0.2, -0.15) is 0 Å². The molecule has 0 fully saturated rings. The SMILES string of the molecule is COC(=O)OCOc1c2n(ccc1=O)N1C(CCOc3cc(F)c(F)cc3[C@H]1c1ccccc1)N(C)C2=O. The van der Waals surface area contributed by atoms with Crippen LogP contribution in [0.4, 0.5) is 13.6 Å². The van der Waals surface area contributed by atoms with Crippen LogP contribution >= 0.6 is 0 Å². The molecule has 38 heavy (non-hydrogen) atoms. The van der Waals surface area contributed by atoms with Gasteiger partial charge in [0.05, 0.1) is 13.7 Å². The summed E-state index contributed by atoms with van der Waals surface area (Å²) in [4.78, 5) is 39.1. The predicted octanol–water partition coefficient (Wildman–Crippen LogP) is 3.17. The van der Waals surface area contributed by atoms with E-state index in [1.807, 2.05) is 18.2 Å². The predicted molar refractivity (Wildman–Crippen MR) is 129 cm³/mol. The van der Waals surface area contributed by atoms with E-state index in [0.29, 0.717) is 17.5 Å². The summed E-state index contributed by atoms with van der Waals surface area (Å²) < 4.78 is 50.7. The smallest absolute Gasteiger partial charge is 0.493 e. The van der Waals surface area contributed by atoms with E-state index in [9.17, 15) is 23.2 Å². The van der Waals surface area contributed by atoms with Gasteiger partial charge in [0, 0.05) is 37.4 Å². The summed E-state index contributed by atoms with van der Waals surface area (Å²) in [6.07, 6.45) is 0.0824. The Balaban J connectivity index is 1.73. The number of aromatic nitrogens is 1. The maximum Gasteiger partial charge on any atom is 0.510 e. The number of nitrogens with zero attached hydrogens (tertiary/aromatic N) is 3. The standard InChI is InChI=1S/C26H23F2N3O7/c1-29-21-9-11-36-20-13-18(28)17(27)12-16(20)22(15-6-4-3-5-7-15)31(21)30-10-8-19(32)24(23(30)25(29)33)37-14-38-26(34)35-2/h3-8,10,12-13,21-22H,9,11,14H2,1-2H3/t21?,22-/m1/s1. The normalized spacial score (nSPS) is 18.3. The summed E-state index contributed by atoms with van der Waals surface area (Å²) in [5.41, 5.74) is 0.268. The lowest BCUT2D eigenvalue weighted by Crippen LogP contribution is -2.62. The molecule has 0 aliphatic carbocycles. The number of fused-ring (bicyclic) bond motifs is 4. The number of hydrogen-bond donors (Lipinski definition) is 0. The van der Waals surface area contributed by atoms with E-state index in [4.69, 9.17) is 14.2 Å². The second kappa shape index (κ2) is 10.0. The molecule has 0 radical (unpaired) electrons. The second-order valence-corrected chi connectivity index (χ2v) is 8.59. The number of amides is 1. The van der Waals surface area contributed by atoms with Gasteiger partial charge in [-0.1, -0.05) is 30.3 Å². The van der Waals surface area contributed by atoms with E-state index in [1.165, 1.54) is 21.8 Å². The molecule has 3 aromatic rings. The molecule has 0 N–H and O–H groups in total. The zero-order valence-electron chi connectivity index (χ0n) is 20.4. The first-order chi connectivity index (χ1) is 18.3. The number of methoxy groups -OCH3 is 1. The van der Waals surface area contributed by atoms with Crippen molar-refractivity contribution in [2.24, 2.45) is 0 Å². The highest BCUT2D eigenvalue weighted by Crippen LogP contribution is 2.41. The van der Waals surface area contributed by atoms with E-state index >= 15 is 0 Å². The molecule has 0 saturated carbocycles. The first-order valence-electron chi connectivity index (χ1n) is 11.6. The zero-order valence-corrected chi connectivity index (χ0v) is 20.4. The molecule has 0 spiro atoms. The molecule has 2 atom stereocenters. The molecule has 2 aliphatic rings. The van der Waals surface area contributed by atoms with Crippen LogP contribution in [0.5, 0.6) is 11.5 Å². The van der Waals surface area contributed by atoms with Crippen LogP contribution in [0.2, 0.25) is 0 Å². The molecule has 3 heterocycles. The monoisotopic (exact) mass is 527 g/mol. The Kier molecular flexibility index (Phi) is 6.62. The van der Waals surface area contributed by atoms with E-state index in [0.717, 1.165) is 19.2 Å². The highest BCUT2D eigenvalue weighted by atomic mass is 19.2. The van der Waals surface area contributed by atoms with E-state index < -0.39 is 48.1 Å². The highest BCUT2D eigenvalue weighted by molar-refractivity contribution is 5.96. The van der Waals surface area contributed by atoms with Gasteiger partial charge in [0.2, 0.25) is 18.0 Å². The van der Waals surface area contributed by atoms with Crippen molar-refractivity contribution >= 4 is 12.1 Å². The summed E-state index contributed by atoms with van der Waals surface area (Å²) in [5.74, 6) is -2.83. The van der Waals surface area contributed by atoms with Crippen molar-refractivity contribution in [2.45, 2.75) is 18.6 Å². The third-order valence-corrected chi connectivity index (χ3v) is 6.47. The average Bonchev–Trinajstić information content (AvgIpc) is 2.91. The Morgan fingerprint density at radius 2 is 1.84 bits per heavy atom. The molecule has 1 aromatic heterocycles. The Morgan fingerprint density at radius 1 is 1.11 bits per heavy atom. The third-order valence-electron chi connectivity index (χ3n) is 6.47. The molecule has 12 heteroatoms. The third kappa shape index (κ3) is 4.27. The molecule has 1 unspecified atom stereocenters. The zero-order chi connectivity index (χ0) is 27.0. The summed E-state index contributed by atoms with van der Waals surface area (Å²) in [5, 5.41) is 1.79. The van der Waals surface area contributed by atoms with Crippen molar-refractivity contribution in [3.05, 3.63) is 93.4 Å². The van der Waals surface area contributed by atoms with Gasteiger partial charge in [0.25, 0.3) is 5.91 Å². The van der Waals surface area contributed by atoms with Crippen molar-refractivity contribution < 1.29 is 37.3 Å². The number of pyridine rings is 1. The lowest BCUT2D eigenvalue weighted by molar-refractivity contribution is 0.0131. The maximum absolute atomic E-state index is 14.6. The van der Waals surface area contributed by atoms with E-state index in [1.54, 1.807) is 24.2 Å². The summed E-state index contributed by atoms with van der Waals surface area (Å²) in [7, 11) is 2.67. The number of benzene rings is 2. The maximum atomic E-state index is 14.6. The molecule has 0 bridgehead atoms. The number of hydrogen-bond acceptors (Lipinski definition) is 8. The van der Waals surface area contributed by atoms with Crippen molar-refractivity contribution in [2.75, 3.05) is 32.6 Å². The van der Waals surface area contributed by atoms with Crippen molar-refractivity contribution in [3.8, 4) is 11.5 Å². The Morgan fingerprint density at radius 3 is 2.58 bits per heavy atom. The van der Waals surface area contributed by atoms with Crippen LogP contribution in [-0.2, 0) is 9.47 Å². The lowest BCUT2D eigenvalue weighted by Gasteiger charge is -2.50. The van der Waals surface area contributed by atoms with Gasteiger partial charge < -0.3 is 23.8 Å². The Labute approximate surface area is 215 Å². The van der Waals surface area contributed by atoms with Crippen molar-refractivity contribution in [3.63, 3.8) is 0 Å². The van der Waals surface area contributed by atoms with Crippen LogP contribution in [0.15, 0.2) is 59.5 Å². The van der Waals surface area contributed by atoms with E-state index in [-0.39, 0.29) is 23.8 Å². The van der Waals surface area contributed by atoms with Crippen LogP contribution in [0.3, 0.4) is 0 Å². The first-order valence-corrected chi connectivity index (χ1v) is 11.6. The van der Waals surface area contributed by atoms with Crippen LogP contribution < -0.4 is 19.9 Å². The highest BCUT2D eigenvalue weighted by Gasteiger charge is 2.43. The van der Waals surface area contributed by atoms with Crippen LogP contribution in [0.1, 0.15) is 34.1 Å². The fourth-order valence-electron chi connectivity index (χ4n) is 4.74. The van der Waals surface area contributed by atoms with Crippen LogP contribution in [0.25, 0.3) is 0 Å². The number of halogens is 2.